The van der Waals surface area contributed by atoms with Gasteiger partial charge in [-0.05, 0) is 55.3 Å². The molecule has 9 heteroatoms. The highest BCUT2D eigenvalue weighted by atomic mass is 32.2. The highest BCUT2D eigenvalue weighted by Gasteiger charge is 2.26. The van der Waals surface area contributed by atoms with Crippen LogP contribution in [0.4, 0.5) is 5.69 Å². The summed E-state index contributed by atoms with van der Waals surface area (Å²) in [6.45, 7) is 1.35. The Balaban J connectivity index is 1.55. The number of nitrogens with one attached hydrogen (secondary N) is 2. The van der Waals surface area contributed by atoms with Crippen molar-refractivity contribution in [1.29, 1.82) is 0 Å². The zero-order chi connectivity index (χ0) is 23.4. The lowest BCUT2D eigenvalue weighted by molar-refractivity contribution is 0.102. The molecule has 1 heterocycles. The largest absolute Gasteiger partial charge is 0.495 e. The summed E-state index contributed by atoms with van der Waals surface area (Å²) < 4.78 is 41.2. The van der Waals surface area contributed by atoms with Gasteiger partial charge in [0.1, 0.15) is 10.6 Å². The summed E-state index contributed by atoms with van der Waals surface area (Å²) in [6.07, 6.45) is 5.63. The number of rotatable bonds is 9. The number of fused-ring (bicyclic) bond motifs is 1. The van der Waals surface area contributed by atoms with Crippen molar-refractivity contribution in [2.45, 2.75) is 43.2 Å². The average molecular weight is 472 g/mol. The molecular weight excluding hydrogens is 442 g/mol. The van der Waals surface area contributed by atoms with Crippen LogP contribution < -0.4 is 14.8 Å². The van der Waals surface area contributed by atoms with Crippen LogP contribution in [0.15, 0.2) is 53.6 Å². The lowest BCUT2D eigenvalue weighted by Gasteiger charge is -2.16. The molecule has 1 aliphatic rings. The number of amides is 1. The van der Waals surface area contributed by atoms with Gasteiger partial charge in [0.05, 0.1) is 13.7 Å². The molecule has 0 unspecified atom stereocenters. The second kappa shape index (κ2) is 9.94. The number of nitrogens with zero attached hydrogens (tertiary/aromatic N) is 1. The summed E-state index contributed by atoms with van der Waals surface area (Å²) in [6, 6.07) is 12.0. The molecule has 2 aromatic carbocycles. The Labute approximate surface area is 193 Å². The van der Waals surface area contributed by atoms with Crippen LogP contribution in [0.5, 0.6) is 5.75 Å². The van der Waals surface area contributed by atoms with Gasteiger partial charge < -0.3 is 19.4 Å². The molecular formula is C24H29N3O5S. The zero-order valence-corrected chi connectivity index (χ0v) is 19.7. The van der Waals surface area contributed by atoms with Gasteiger partial charge in [-0.25, -0.2) is 13.1 Å². The van der Waals surface area contributed by atoms with Gasteiger partial charge in [-0.2, -0.15) is 0 Å². The van der Waals surface area contributed by atoms with Gasteiger partial charge in [0, 0.05) is 48.0 Å². The van der Waals surface area contributed by atoms with Gasteiger partial charge in [-0.1, -0.05) is 12.8 Å². The second-order valence-electron chi connectivity index (χ2n) is 8.20. The molecule has 0 radical (unpaired) electrons. The van der Waals surface area contributed by atoms with Gasteiger partial charge in [0.25, 0.3) is 5.91 Å². The fraction of sp³-hybridized carbons (Fsp3) is 0.375. The summed E-state index contributed by atoms with van der Waals surface area (Å²) in [4.78, 5) is 12.9. The number of anilines is 1. The average Bonchev–Trinajstić information content (AvgIpc) is 3.46. The highest BCUT2D eigenvalue weighted by molar-refractivity contribution is 7.89. The fourth-order valence-electron chi connectivity index (χ4n) is 4.22. The number of hydrogen-bond donors (Lipinski definition) is 2. The summed E-state index contributed by atoms with van der Waals surface area (Å²) in [7, 11) is -0.736. The molecule has 0 bridgehead atoms. The summed E-state index contributed by atoms with van der Waals surface area (Å²) in [5.74, 6) is -0.191. The first-order valence-electron chi connectivity index (χ1n) is 11.0. The number of aromatic nitrogens is 1. The Bertz CT molecular complexity index is 1250. The van der Waals surface area contributed by atoms with Crippen LogP contribution in [-0.4, -0.2) is 45.8 Å². The standard InChI is InChI=1S/C24H29N3O5S/c1-31-14-13-27-12-11-17-15-20(8-9-21(17)27)25-24(28)18-7-10-22(32-2)23(16-18)33(29,30)26-19-5-3-4-6-19/h7-12,15-16,19,26H,3-6,13-14H2,1-2H3,(H,25,28). The molecule has 0 aliphatic heterocycles. The van der Waals surface area contributed by atoms with E-state index in [1.807, 2.05) is 30.5 Å². The highest BCUT2D eigenvalue weighted by Crippen LogP contribution is 2.28. The van der Waals surface area contributed by atoms with Crippen molar-refractivity contribution < 1.29 is 22.7 Å². The molecule has 0 spiro atoms. The fourth-order valence-corrected chi connectivity index (χ4v) is 5.72. The summed E-state index contributed by atoms with van der Waals surface area (Å²) >= 11 is 0. The monoisotopic (exact) mass is 471 g/mol. The third-order valence-electron chi connectivity index (χ3n) is 5.96. The maximum absolute atomic E-state index is 13.0. The normalized spacial score (nSPS) is 14.6. The first-order chi connectivity index (χ1) is 15.9. The molecule has 1 aliphatic carbocycles. The van der Waals surface area contributed by atoms with Gasteiger partial charge >= 0.3 is 0 Å². The Morgan fingerprint density at radius 1 is 1.09 bits per heavy atom. The number of carbonyl (C=O) groups excluding carboxylic acids is 1. The molecule has 2 N–H and O–H groups in total. The quantitative estimate of drug-likeness (QED) is 0.495. The van der Waals surface area contributed by atoms with Gasteiger partial charge in [-0.3, -0.25) is 4.79 Å². The lowest BCUT2D eigenvalue weighted by Crippen LogP contribution is -2.33. The number of benzene rings is 2. The minimum Gasteiger partial charge on any atom is -0.495 e. The summed E-state index contributed by atoms with van der Waals surface area (Å²) in [5, 5.41) is 3.85. The first kappa shape index (κ1) is 23.3. The molecule has 33 heavy (non-hydrogen) atoms. The topological polar surface area (TPSA) is 98.7 Å². The van der Waals surface area contributed by atoms with E-state index in [1.54, 1.807) is 13.2 Å². The Kier molecular flexibility index (Phi) is 7.02. The minimum absolute atomic E-state index is 0.0322. The maximum atomic E-state index is 13.0. The van der Waals surface area contributed by atoms with Crippen molar-refractivity contribution >= 4 is 32.5 Å². The molecule has 1 saturated carbocycles. The van der Waals surface area contributed by atoms with E-state index in [-0.39, 0.29) is 22.3 Å². The number of sulfonamides is 1. The van der Waals surface area contributed by atoms with E-state index in [0.717, 1.165) is 43.1 Å². The molecule has 1 aromatic heterocycles. The molecule has 0 atom stereocenters. The van der Waals surface area contributed by atoms with Gasteiger partial charge in [-0.15, -0.1) is 0 Å². The Morgan fingerprint density at radius 3 is 2.61 bits per heavy atom. The number of carbonyl (C=O) groups is 1. The Hall–Kier alpha value is -2.88. The van der Waals surface area contributed by atoms with Crippen molar-refractivity contribution in [3.8, 4) is 5.75 Å². The number of methoxy groups -OCH3 is 2. The maximum Gasteiger partial charge on any atom is 0.255 e. The lowest BCUT2D eigenvalue weighted by atomic mass is 10.2. The van der Waals surface area contributed by atoms with Crippen molar-refractivity contribution in [1.82, 2.24) is 9.29 Å². The van der Waals surface area contributed by atoms with E-state index < -0.39 is 15.9 Å². The SMILES string of the molecule is COCCn1ccc2cc(NC(=O)c3ccc(OC)c(S(=O)(=O)NC4CCCC4)c3)ccc21. The van der Waals surface area contributed by atoms with E-state index >= 15 is 0 Å². The Morgan fingerprint density at radius 2 is 1.88 bits per heavy atom. The zero-order valence-electron chi connectivity index (χ0n) is 18.8. The van der Waals surface area contributed by atoms with Crippen molar-refractivity contribution in [3.05, 3.63) is 54.2 Å². The van der Waals surface area contributed by atoms with Crippen LogP contribution in [0.1, 0.15) is 36.0 Å². The van der Waals surface area contributed by atoms with E-state index in [0.29, 0.717) is 12.3 Å². The predicted molar refractivity (Wildman–Crippen MR) is 127 cm³/mol. The molecule has 176 valence electrons. The van der Waals surface area contributed by atoms with Crippen LogP contribution >= 0.6 is 0 Å². The number of ether oxygens (including phenoxy) is 2. The molecule has 4 rings (SSSR count). The molecule has 1 fully saturated rings. The van der Waals surface area contributed by atoms with E-state index in [4.69, 9.17) is 9.47 Å². The van der Waals surface area contributed by atoms with Crippen LogP contribution in [0, 0.1) is 0 Å². The predicted octanol–water partition coefficient (Wildman–Crippen LogP) is 3.77. The van der Waals surface area contributed by atoms with E-state index in [2.05, 4.69) is 14.6 Å². The van der Waals surface area contributed by atoms with Crippen molar-refractivity contribution in [2.75, 3.05) is 26.1 Å². The smallest absolute Gasteiger partial charge is 0.255 e. The summed E-state index contributed by atoms with van der Waals surface area (Å²) in [5.41, 5.74) is 1.91. The van der Waals surface area contributed by atoms with Crippen LogP contribution in [0.2, 0.25) is 0 Å². The van der Waals surface area contributed by atoms with Gasteiger partial charge in [0.15, 0.2) is 0 Å². The van der Waals surface area contributed by atoms with Crippen LogP contribution in [0.3, 0.4) is 0 Å². The first-order valence-corrected chi connectivity index (χ1v) is 12.5. The minimum atomic E-state index is -3.82. The van der Waals surface area contributed by atoms with Gasteiger partial charge in [0.2, 0.25) is 10.0 Å². The van der Waals surface area contributed by atoms with E-state index in [9.17, 15) is 13.2 Å². The third kappa shape index (κ3) is 5.21. The van der Waals surface area contributed by atoms with Crippen LogP contribution in [-0.2, 0) is 21.3 Å². The second-order valence-corrected chi connectivity index (χ2v) is 9.88. The molecule has 0 saturated heterocycles. The third-order valence-corrected chi connectivity index (χ3v) is 7.50. The van der Waals surface area contributed by atoms with E-state index in [1.165, 1.54) is 19.2 Å². The van der Waals surface area contributed by atoms with Crippen LogP contribution in [0.25, 0.3) is 10.9 Å². The number of hydrogen-bond acceptors (Lipinski definition) is 5. The van der Waals surface area contributed by atoms with Crippen molar-refractivity contribution in [2.24, 2.45) is 0 Å². The molecule has 8 nitrogen and oxygen atoms in total. The van der Waals surface area contributed by atoms with Crippen molar-refractivity contribution in [3.63, 3.8) is 0 Å². The molecule has 3 aromatic rings. The molecule has 1 amide bonds.